The third-order valence-corrected chi connectivity index (χ3v) is 4.54. The number of thiophene rings is 1. The summed E-state index contributed by atoms with van der Waals surface area (Å²) in [5, 5.41) is 2.08. The minimum atomic E-state index is 0.154. The van der Waals surface area contributed by atoms with E-state index in [9.17, 15) is 4.79 Å². The van der Waals surface area contributed by atoms with Crippen LogP contribution in [0, 0.1) is 0 Å². The molecular formula is C15H16BrNOS. The van der Waals surface area contributed by atoms with Crippen LogP contribution in [0.3, 0.4) is 0 Å². The third-order valence-electron chi connectivity index (χ3n) is 2.91. The number of carbonyl (C=O) groups excluding carboxylic acids is 1. The first-order chi connectivity index (χ1) is 9.16. The summed E-state index contributed by atoms with van der Waals surface area (Å²) in [7, 11) is 1.99. The fraction of sp³-hybridized carbons (Fsp3) is 0.267. The maximum absolute atomic E-state index is 12.2. The highest BCUT2D eigenvalue weighted by Gasteiger charge is 2.12. The molecule has 0 fully saturated rings. The van der Waals surface area contributed by atoms with Crippen LogP contribution in [0.2, 0.25) is 0 Å². The smallest absolute Gasteiger partial charge is 0.177 e. The minimum Gasteiger partial charge on any atom is -0.299 e. The van der Waals surface area contributed by atoms with Crippen LogP contribution in [0.1, 0.15) is 15.2 Å². The van der Waals surface area contributed by atoms with E-state index in [1.54, 1.807) is 11.3 Å². The van der Waals surface area contributed by atoms with Crippen LogP contribution in [0.4, 0.5) is 0 Å². The standard InChI is InChI=1S/C15H16BrNOS/c1-17(9-8-12-5-4-10-19-12)11-15(18)13-6-2-3-7-14(13)16/h2-7,10H,8-9,11H2,1H3. The van der Waals surface area contributed by atoms with E-state index >= 15 is 0 Å². The van der Waals surface area contributed by atoms with Gasteiger partial charge in [0.15, 0.2) is 5.78 Å². The quantitative estimate of drug-likeness (QED) is 0.746. The van der Waals surface area contributed by atoms with Gasteiger partial charge in [0.1, 0.15) is 0 Å². The Morgan fingerprint density at radius 3 is 2.74 bits per heavy atom. The lowest BCUT2D eigenvalue weighted by Crippen LogP contribution is -2.28. The SMILES string of the molecule is CN(CCc1cccs1)CC(=O)c1ccccc1Br. The number of ketones is 1. The molecule has 0 N–H and O–H groups in total. The van der Waals surface area contributed by atoms with Crippen molar-refractivity contribution in [1.29, 1.82) is 0 Å². The second-order valence-corrected chi connectivity index (χ2v) is 6.36. The Balaban J connectivity index is 1.87. The molecule has 100 valence electrons. The van der Waals surface area contributed by atoms with Crippen LogP contribution in [-0.2, 0) is 6.42 Å². The summed E-state index contributed by atoms with van der Waals surface area (Å²) in [4.78, 5) is 15.6. The minimum absolute atomic E-state index is 0.154. The number of halogens is 1. The lowest BCUT2D eigenvalue weighted by molar-refractivity contribution is 0.0946. The van der Waals surface area contributed by atoms with Crippen molar-refractivity contribution in [3.63, 3.8) is 0 Å². The van der Waals surface area contributed by atoms with Crippen LogP contribution in [0.25, 0.3) is 0 Å². The summed E-state index contributed by atoms with van der Waals surface area (Å²) in [6.07, 6.45) is 0.997. The summed E-state index contributed by atoms with van der Waals surface area (Å²) in [5.74, 6) is 0.154. The molecule has 1 aromatic carbocycles. The molecule has 0 unspecified atom stereocenters. The van der Waals surface area contributed by atoms with Crippen molar-refractivity contribution >= 4 is 33.0 Å². The molecule has 0 aliphatic heterocycles. The van der Waals surface area contributed by atoms with Crippen molar-refractivity contribution in [2.24, 2.45) is 0 Å². The molecule has 0 bridgehead atoms. The second-order valence-electron chi connectivity index (χ2n) is 4.47. The maximum Gasteiger partial charge on any atom is 0.177 e. The molecule has 0 radical (unpaired) electrons. The average Bonchev–Trinajstić information content (AvgIpc) is 2.90. The number of hydrogen-bond donors (Lipinski definition) is 0. The number of carbonyl (C=O) groups is 1. The predicted octanol–water partition coefficient (Wildman–Crippen LogP) is 3.87. The monoisotopic (exact) mass is 337 g/mol. The van der Waals surface area contributed by atoms with Crippen molar-refractivity contribution in [2.45, 2.75) is 6.42 Å². The maximum atomic E-state index is 12.2. The van der Waals surface area contributed by atoms with Gasteiger partial charge in [-0.15, -0.1) is 11.3 Å². The van der Waals surface area contributed by atoms with E-state index in [-0.39, 0.29) is 5.78 Å². The van der Waals surface area contributed by atoms with Gasteiger partial charge in [-0.2, -0.15) is 0 Å². The number of hydrogen-bond acceptors (Lipinski definition) is 3. The zero-order valence-corrected chi connectivity index (χ0v) is 13.2. The van der Waals surface area contributed by atoms with Crippen molar-refractivity contribution in [2.75, 3.05) is 20.1 Å². The highest BCUT2D eigenvalue weighted by Crippen LogP contribution is 2.16. The van der Waals surface area contributed by atoms with Gasteiger partial charge in [0.25, 0.3) is 0 Å². The van der Waals surface area contributed by atoms with Gasteiger partial charge in [0, 0.05) is 21.5 Å². The molecule has 0 aliphatic carbocycles. The molecule has 0 amide bonds. The zero-order valence-electron chi connectivity index (χ0n) is 10.8. The first-order valence-electron chi connectivity index (χ1n) is 6.15. The highest BCUT2D eigenvalue weighted by molar-refractivity contribution is 9.10. The van der Waals surface area contributed by atoms with Crippen molar-refractivity contribution < 1.29 is 4.79 Å². The summed E-state index contributed by atoms with van der Waals surface area (Å²) < 4.78 is 0.867. The van der Waals surface area contributed by atoms with Gasteiger partial charge in [-0.1, -0.05) is 40.2 Å². The molecule has 2 rings (SSSR count). The molecule has 19 heavy (non-hydrogen) atoms. The molecule has 4 heteroatoms. The van der Waals surface area contributed by atoms with E-state index in [1.807, 2.05) is 31.3 Å². The molecule has 1 aromatic heterocycles. The molecule has 2 nitrogen and oxygen atoms in total. The van der Waals surface area contributed by atoms with Gasteiger partial charge in [0.05, 0.1) is 6.54 Å². The largest absolute Gasteiger partial charge is 0.299 e. The number of rotatable bonds is 6. The fourth-order valence-electron chi connectivity index (χ4n) is 1.85. The van der Waals surface area contributed by atoms with E-state index in [4.69, 9.17) is 0 Å². The Morgan fingerprint density at radius 2 is 2.05 bits per heavy atom. The summed E-state index contributed by atoms with van der Waals surface area (Å²) in [5.41, 5.74) is 0.755. The fourth-order valence-corrected chi connectivity index (χ4v) is 3.06. The number of Topliss-reactive ketones (excluding diaryl/α,β-unsaturated/α-hetero) is 1. The number of likely N-dealkylation sites (N-methyl/N-ethyl adjacent to an activating group) is 1. The van der Waals surface area contributed by atoms with Crippen LogP contribution in [-0.4, -0.2) is 30.8 Å². The Bertz CT molecular complexity index is 539. The van der Waals surface area contributed by atoms with E-state index in [2.05, 4.69) is 38.3 Å². The molecule has 0 aliphatic rings. The Morgan fingerprint density at radius 1 is 1.26 bits per heavy atom. The molecule has 0 atom stereocenters. The van der Waals surface area contributed by atoms with E-state index in [0.717, 1.165) is 23.0 Å². The van der Waals surface area contributed by atoms with Crippen molar-refractivity contribution in [1.82, 2.24) is 4.90 Å². The Labute approximate surface area is 126 Å². The zero-order chi connectivity index (χ0) is 13.7. The first kappa shape index (κ1) is 14.4. The summed E-state index contributed by atoms with van der Waals surface area (Å²) >= 11 is 5.18. The Kier molecular flexibility index (Phi) is 5.31. The van der Waals surface area contributed by atoms with Gasteiger partial charge < -0.3 is 0 Å². The van der Waals surface area contributed by atoms with E-state index in [1.165, 1.54) is 4.88 Å². The Hall–Kier alpha value is -0.970. The molecule has 1 heterocycles. The summed E-state index contributed by atoms with van der Waals surface area (Å²) in [6, 6.07) is 11.8. The normalized spacial score (nSPS) is 10.9. The molecule has 0 saturated carbocycles. The third kappa shape index (κ3) is 4.27. The number of nitrogens with zero attached hydrogens (tertiary/aromatic N) is 1. The molecule has 0 saturated heterocycles. The van der Waals surface area contributed by atoms with E-state index in [0.29, 0.717) is 6.54 Å². The molecule has 0 spiro atoms. The molecule has 2 aromatic rings. The highest BCUT2D eigenvalue weighted by atomic mass is 79.9. The van der Waals surface area contributed by atoms with E-state index < -0.39 is 0 Å². The topological polar surface area (TPSA) is 20.3 Å². The van der Waals surface area contributed by atoms with Crippen molar-refractivity contribution in [3.8, 4) is 0 Å². The van der Waals surface area contributed by atoms with Gasteiger partial charge in [0.2, 0.25) is 0 Å². The van der Waals surface area contributed by atoms with Crippen molar-refractivity contribution in [3.05, 3.63) is 56.7 Å². The van der Waals surface area contributed by atoms with Gasteiger partial charge >= 0.3 is 0 Å². The van der Waals surface area contributed by atoms with Crippen LogP contribution >= 0.6 is 27.3 Å². The first-order valence-corrected chi connectivity index (χ1v) is 7.83. The van der Waals surface area contributed by atoms with Gasteiger partial charge in [-0.3, -0.25) is 9.69 Å². The van der Waals surface area contributed by atoms with Crippen LogP contribution < -0.4 is 0 Å². The predicted molar refractivity (Wildman–Crippen MR) is 84.0 cm³/mol. The van der Waals surface area contributed by atoms with Gasteiger partial charge in [-0.05, 0) is 31.0 Å². The lowest BCUT2D eigenvalue weighted by atomic mass is 10.1. The molecular weight excluding hydrogens is 322 g/mol. The summed E-state index contributed by atoms with van der Waals surface area (Å²) in [6.45, 7) is 1.35. The van der Waals surface area contributed by atoms with Crippen LogP contribution in [0.5, 0.6) is 0 Å². The second kappa shape index (κ2) is 6.98. The van der Waals surface area contributed by atoms with Gasteiger partial charge in [-0.25, -0.2) is 0 Å². The lowest BCUT2D eigenvalue weighted by Gasteiger charge is -2.15. The van der Waals surface area contributed by atoms with Crippen LogP contribution in [0.15, 0.2) is 46.3 Å². The number of benzene rings is 1. The average molecular weight is 338 g/mol.